The van der Waals surface area contributed by atoms with Gasteiger partial charge in [0.15, 0.2) is 10.4 Å². The number of furan rings is 1. The summed E-state index contributed by atoms with van der Waals surface area (Å²) in [6.45, 7) is 0.420. The summed E-state index contributed by atoms with van der Waals surface area (Å²) < 4.78 is 11.4. The minimum Gasteiger partial charge on any atom is -0.493 e. The lowest BCUT2D eigenvalue weighted by atomic mass is 10.1. The van der Waals surface area contributed by atoms with Gasteiger partial charge in [0.2, 0.25) is 0 Å². The molecule has 2 amide bonds. The molecule has 3 aromatic rings. The van der Waals surface area contributed by atoms with Crippen LogP contribution in [0.3, 0.4) is 0 Å². The molecule has 0 fully saturated rings. The van der Waals surface area contributed by atoms with Gasteiger partial charge < -0.3 is 19.4 Å². The number of amides is 2. The van der Waals surface area contributed by atoms with Crippen molar-refractivity contribution in [2.75, 3.05) is 23.9 Å². The van der Waals surface area contributed by atoms with Crippen LogP contribution in [-0.2, 0) is 0 Å². The molecule has 0 radical (unpaired) electrons. The number of hydrogen-bond acceptors (Lipinski definition) is 5. The van der Waals surface area contributed by atoms with E-state index in [1.165, 1.54) is 4.90 Å². The fourth-order valence-corrected chi connectivity index (χ4v) is 3.17. The Balaban J connectivity index is 1.74. The number of nitrogens with one attached hydrogen (secondary N) is 1. The van der Waals surface area contributed by atoms with Crippen LogP contribution in [0.1, 0.15) is 33.8 Å². The minimum absolute atomic E-state index is 0.158. The van der Waals surface area contributed by atoms with Crippen molar-refractivity contribution in [3.8, 4) is 11.8 Å². The zero-order valence-electron chi connectivity index (χ0n) is 16.8. The van der Waals surface area contributed by atoms with Gasteiger partial charge in [-0.1, -0.05) is 18.2 Å². The van der Waals surface area contributed by atoms with Crippen molar-refractivity contribution in [3.05, 3.63) is 76.7 Å². The molecule has 0 aliphatic carbocycles. The number of benzene rings is 2. The molecule has 0 atom stereocenters. The minimum atomic E-state index is -0.376. The fraction of sp³-hybridized carbons (Fsp3) is 0.174. The third-order valence-corrected chi connectivity index (χ3v) is 4.82. The number of unbranched alkanes of at least 4 members (excludes halogenated alkanes) is 1. The van der Waals surface area contributed by atoms with Crippen LogP contribution < -0.4 is 15.0 Å². The summed E-state index contributed by atoms with van der Waals surface area (Å²) in [4.78, 5) is 27.1. The van der Waals surface area contributed by atoms with Gasteiger partial charge in [0.25, 0.3) is 11.8 Å². The first-order valence-corrected chi connectivity index (χ1v) is 10.3. The van der Waals surface area contributed by atoms with E-state index < -0.39 is 0 Å². The van der Waals surface area contributed by atoms with Gasteiger partial charge in [-0.25, -0.2) is 0 Å². The Bertz CT molecular complexity index is 1120. The normalized spacial score (nSPS) is 10.2. The van der Waals surface area contributed by atoms with E-state index in [0.29, 0.717) is 46.8 Å². The molecule has 0 saturated heterocycles. The van der Waals surface area contributed by atoms with Crippen LogP contribution in [0.2, 0.25) is 0 Å². The molecule has 0 unspecified atom stereocenters. The van der Waals surface area contributed by atoms with Gasteiger partial charge in [0, 0.05) is 25.2 Å². The summed E-state index contributed by atoms with van der Waals surface area (Å²) in [6.07, 6.45) is 1.06. The van der Waals surface area contributed by atoms with E-state index in [0.717, 1.165) is 0 Å². The number of nitrogens with zero attached hydrogens (tertiary/aromatic N) is 2. The van der Waals surface area contributed by atoms with E-state index >= 15 is 0 Å². The first kappa shape index (κ1) is 22.1. The van der Waals surface area contributed by atoms with Crippen LogP contribution >= 0.6 is 15.9 Å². The van der Waals surface area contributed by atoms with E-state index in [1.54, 1.807) is 67.7 Å². The third-order valence-electron chi connectivity index (χ3n) is 4.39. The molecule has 0 aliphatic heterocycles. The molecule has 0 spiro atoms. The Kier molecular flexibility index (Phi) is 7.46. The van der Waals surface area contributed by atoms with E-state index in [4.69, 9.17) is 14.4 Å². The second-order valence-electron chi connectivity index (χ2n) is 6.58. The summed E-state index contributed by atoms with van der Waals surface area (Å²) in [5.41, 5.74) is 1.34. The zero-order valence-corrected chi connectivity index (χ0v) is 18.4. The van der Waals surface area contributed by atoms with Gasteiger partial charge in [-0.2, -0.15) is 5.26 Å². The van der Waals surface area contributed by atoms with Crippen molar-refractivity contribution < 1.29 is 18.7 Å². The van der Waals surface area contributed by atoms with Gasteiger partial charge in [-0.15, -0.1) is 0 Å². The monoisotopic (exact) mass is 481 g/mol. The van der Waals surface area contributed by atoms with Gasteiger partial charge >= 0.3 is 0 Å². The molecule has 8 heteroatoms. The summed E-state index contributed by atoms with van der Waals surface area (Å²) >= 11 is 3.18. The van der Waals surface area contributed by atoms with Crippen LogP contribution in [0.4, 0.5) is 11.4 Å². The molecule has 0 aliphatic rings. The zero-order chi connectivity index (χ0) is 22.2. The average molecular weight is 482 g/mol. The second-order valence-corrected chi connectivity index (χ2v) is 7.36. The highest BCUT2D eigenvalue weighted by Crippen LogP contribution is 2.25. The maximum Gasteiger partial charge on any atom is 0.293 e. The number of halogens is 1. The van der Waals surface area contributed by atoms with Crippen LogP contribution in [0.5, 0.6) is 5.75 Å². The molecule has 7 nitrogen and oxygen atoms in total. The first-order chi connectivity index (χ1) is 15.0. The molecule has 31 heavy (non-hydrogen) atoms. The Morgan fingerprint density at radius 2 is 1.97 bits per heavy atom. The number of rotatable bonds is 8. The van der Waals surface area contributed by atoms with Crippen molar-refractivity contribution in [2.45, 2.75) is 12.8 Å². The average Bonchev–Trinajstić information content (AvgIpc) is 3.22. The molecule has 0 saturated carbocycles. The quantitative estimate of drug-likeness (QED) is 0.443. The van der Waals surface area contributed by atoms with E-state index in [-0.39, 0.29) is 17.6 Å². The van der Waals surface area contributed by atoms with Crippen molar-refractivity contribution in [1.29, 1.82) is 5.26 Å². The van der Waals surface area contributed by atoms with Crippen molar-refractivity contribution in [1.82, 2.24) is 0 Å². The number of carbonyl (C=O) groups is 2. The van der Waals surface area contributed by atoms with E-state index in [2.05, 4.69) is 27.3 Å². The van der Waals surface area contributed by atoms with Crippen LogP contribution in [0.15, 0.2) is 69.8 Å². The fourth-order valence-electron chi connectivity index (χ4n) is 2.87. The van der Waals surface area contributed by atoms with E-state index in [1.807, 2.05) is 0 Å². The summed E-state index contributed by atoms with van der Waals surface area (Å²) in [5.74, 6) is 0.0155. The highest BCUT2D eigenvalue weighted by atomic mass is 79.9. The third kappa shape index (κ3) is 5.74. The molecule has 1 N–H and O–H groups in total. The molecule has 1 heterocycles. The molecule has 158 valence electrons. The molecule has 2 aromatic carbocycles. The van der Waals surface area contributed by atoms with Crippen molar-refractivity contribution in [3.63, 3.8) is 0 Å². The lowest BCUT2D eigenvalue weighted by Gasteiger charge is -2.19. The van der Waals surface area contributed by atoms with Crippen molar-refractivity contribution in [2.24, 2.45) is 0 Å². The van der Waals surface area contributed by atoms with Crippen molar-refractivity contribution >= 4 is 39.1 Å². The Hall–Kier alpha value is -3.57. The predicted molar refractivity (Wildman–Crippen MR) is 120 cm³/mol. The lowest BCUT2D eigenvalue weighted by molar-refractivity contribution is 0.0965. The Morgan fingerprint density at radius 1 is 1.16 bits per heavy atom. The largest absolute Gasteiger partial charge is 0.493 e. The molecule has 1 aromatic heterocycles. The SMILES string of the molecule is CN(C(=O)c1ccc(Br)o1)c1ccccc1C(=O)Nc1cccc(OCCCC#N)c1. The van der Waals surface area contributed by atoms with Crippen LogP contribution in [-0.4, -0.2) is 25.5 Å². The highest BCUT2D eigenvalue weighted by molar-refractivity contribution is 9.10. The predicted octanol–water partition coefficient (Wildman–Crippen LogP) is 5.25. The number of nitriles is 1. The first-order valence-electron chi connectivity index (χ1n) is 9.53. The number of para-hydroxylation sites is 1. The standard InChI is InChI=1S/C23H20BrN3O4/c1-27(23(29)20-11-12-21(24)31-20)19-10-3-2-9-18(19)22(28)26-16-7-6-8-17(15-16)30-14-5-4-13-25/h2-3,6-12,15H,4-5,14H2,1H3,(H,26,28). The van der Waals surface area contributed by atoms with Crippen LogP contribution in [0.25, 0.3) is 0 Å². The maximum atomic E-state index is 13.0. The number of hydrogen-bond donors (Lipinski definition) is 1. The summed E-state index contributed by atoms with van der Waals surface area (Å²) in [5, 5.41) is 11.4. The highest BCUT2D eigenvalue weighted by Gasteiger charge is 2.22. The topological polar surface area (TPSA) is 95.6 Å². The summed E-state index contributed by atoms with van der Waals surface area (Å²) in [6, 6.07) is 19.1. The lowest BCUT2D eigenvalue weighted by Crippen LogP contribution is -2.28. The number of ether oxygens (including phenoxy) is 1. The smallest absolute Gasteiger partial charge is 0.293 e. The molecule has 0 bridgehead atoms. The summed E-state index contributed by atoms with van der Waals surface area (Å²) in [7, 11) is 1.58. The van der Waals surface area contributed by atoms with E-state index in [9.17, 15) is 9.59 Å². The molecular weight excluding hydrogens is 462 g/mol. The van der Waals surface area contributed by atoms with Gasteiger partial charge in [0.1, 0.15) is 5.75 Å². The Labute approximate surface area is 188 Å². The van der Waals surface area contributed by atoms with Gasteiger partial charge in [-0.3, -0.25) is 9.59 Å². The molecule has 3 rings (SSSR count). The number of anilines is 2. The Morgan fingerprint density at radius 3 is 2.71 bits per heavy atom. The second kappa shape index (κ2) is 10.5. The number of carbonyl (C=O) groups excluding carboxylic acids is 2. The van der Waals surface area contributed by atoms with Gasteiger partial charge in [-0.05, 0) is 58.7 Å². The van der Waals surface area contributed by atoms with Crippen LogP contribution in [0, 0.1) is 11.3 Å². The van der Waals surface area contributed by atoms with Gasteiger partial charge in [0.05, 0.1) is 23.9 Å². The molecular formula is C23H20BrN3O4. The maximum absolute atomic E-state index is 13.0.